The minimum atomic E-state index is -0.0932. The monoisotopic (exact) mass is 361 g/mol. The zero-order valence-electron chi connectivity index (χ0n) is 15.7. The van der Waals surface area contributed by atoms with Gasteiger partial charge in [0, 0.05) is 12.2 Å². The molecule has 7 heteroatoms. The van der Waals surface area contributed by atoms with E-state index < -0.39 is 0 Å². The number of nitrogens with zero attached hydrogens (tertiary/aromatic N) is 3. The molecule has 2 fully saturated rings. The highest BCUT2D eigenvalue weighted by Crippen LogP contribution is 2.18. The average Bonchev–Trinajstić information content (AvgIpc) is 3.29. The quantitative estimate of drug-likeness (QED) is 0.780. The van der Waals surface area contributed by atoms with Crippen molar-refractivity contribution >= 4 is 17.5 Å². The van der Waals surface area contributed by atoms with Gasteiger partial charge in [-0.05, 0) is 45.2 Å². The van der Waals surface area contributed by atoms with Crippen molar-refractivity contribution in [3.8, 4) is 0 Å². The number of piperidine rings is 1. The summed E-state index contributed by atoms with van der Waals surface area (Å²) in [6.45, 7) is 4.23. The first kappa shape index (κ1) is 18.9. The van der Waals surface area contributed by atoms with Crippen molar-refractivity contribution in [1.29, 1.82) is 0 Å². The molecule has 0 radical (unpaired) electrons. The maximum Gasteiger partial charge on any atom is 0.241 e. The van der Waals surface area contributed by atoms with E-state index in [1.165, 1.54) is 19.3 Å². The second kappa shape index (κ2) is 9.16. The van der Waals surface area contributed by atoms with Crippen molar-refractivity contribution in [2.45, 2.75) is 76.9 Å². The second-order valence-electron chi connectivity index (χ2n) is 7.49. The lowest BCUT2D eigenvalue weighted by molar-refractivity contribution is -0.123. The Hall–Kier alpha value is -1.89. The molecular formula is C19H31N5O2. The highest BCUT2D eigenvalue weighted by atomic mass is 16.2. The van der Waals surface area contributed by atoms with Crippen LogP contribution in [0, 0.1) is 0 Å². The predicted molar refractivity (Wildman–Crippen MR) is 101 cm³/mol. The number of carbonyl (C=O) groups is 2. The fourth-order valence-electron chi connectivity index (χ4n) is 4.07. The van der Waals surface area contributed by atoms with E-state index in [4.69, 9.17) is 0 Å². The maximum atomic E-state index is 12.6. The number of carbonyl (C=O) groups excluding carboxylic acids is 2. The Morgan fingerprint density at radius 3 is 2.62 bits per heavy atom. The van der Waals surface area contributed by atoms with Gasteiger partial charge in [0.1, 0.15) is 6.54 Å². The summed E-state index contributed by atoms with van der Waals surface area (Å²) in [5.74, 6) is 0.00184. The largest absolute Gasteiger partial charge is 0.352 e. The fraction of sp³-hybridized carbons (Fsp3) is 0.737. The summed E-state index contributed by atoms with van der Waals surface area (Å²) in [7, 11) is 0. The predicted octanol–water partition coefficient (Wildman–Crippen LogP) is 2.14. The molecule has 7 nitrogen and oxygen atoms in total. The molecule has 1 atom stereocenters. The molecule has 1 aliphatic carbocycles. The lowest BCUT2D eigenvalue weighted by atomic mass is 10.1. The van der Waals surface area contributed by atoms with Crippen molar-refractivity contribution in [3.63, 3.8) is 0 Å². The summed E-state index contributed by atoms with van der Waals surface area (Å²) in [6.07, 6.45) is 12.3. The lowest BCUT2D eigenvalue weighted by Gasteiger charge is -2.32. The molecule has 1 aromatic heterocycles. The van der Waals surface area contributed by atoms with Crippen LogP contribution in [0.15, 0.2) is 12.4 Å². The molecule has 1 aliphatic heterocycles. The minimum absolute atomic E-state index is 0.0161. The minimum Gasteiger partial charge on any atom is -0.352 e. The smallest absolute Gasteiger partial charge is 0.241 e. The Labute approximate surface area is 155 Å². The maximum absolute atomic E-state index is 12.6. The zero-order valence-corrected chi connectivity index (χ0v) is 15.7. The summed E-state index contributed by atoms with van der Waals surface area (Å²) in [5, 5.41) is 10.2. The first-order valence-electron chi connectivity index (χ1n) is 10.0. The van der Waals surface area contributed by atoms with Crippen LogP contribution in [0.25, 0.3) is 0 Å². The van der Waals surface area contributed by atoms with Gasteiger partial charge in [-0.25, -0.2) is 0 Å². The van der Waals surface area contributed by atoms with Gasteiger partial charge < -0.3 is 10.6 Å². The number of nitrogens with one attached hydrogen (secondary N) is 2. The molecule has 2 N–H and O–H groups in total. The Kier molecular flexibility index (Phi) is 6.66. The Morgan fingerprint density at radius 1 is 1.19 bits per heavy atom. The van der Waals surface area contributed by atoms with Crippen molar-refractivity contribution in [1.82, 2.24) is 20.0 Å². The standard InChI is InChI=1S/C19H31N5O2/c1-2-17(23-10-6-3-7-11-23)19(26)22-16-12-20-24(13-16)14-18(25)21-15-8-4-5-9-15/h12-13,15,17H,2-11,14H2,1H3,(H,21,25)(H,22,26)/t17-/m1/s1. The third kappa shape index (κ3) is 5.06. The molecule has 0 bridgehead atoms. The average molecular weight is 361 g/mol. The van der Waals surface area contributed by atoms with Crippen LogP contribution in [0.1, 0.15) is 58.3 Å². The van der Waals surface area contributed by atoms with E-state index in [-0.39, 0.29) is 24.4 Å². The number of rotatable bonds is 7. The van der Waals surface area contributed by atoms with Crippen LogP contribution in [0.4, 0.5) is 5.69 Å². The summed E-state index contributed by atoms with van der Waals surface area (Å²) < 4.78 is 1.59. The molecule has 1 aromatic rings. The van der Waals surface area contributed by atoms with Gasteiger partial charge in [0.25, 0.3) is 0 Å². The topological polar surface area (TPSA) is 79.3 Å². The van der Waals surface area contributed by atoms with Gasteiger partial charge in [0.15, 0.2) is 0 Å². The molecule has 3 rings (SSSR count). The summed E-state index contributed by atoms with van der Waals surface area (Å²) in [4.78, 5) is 27.0. The van der Waals surface area contributed by atoms with Gasteiger partial charge in [-0.1, -0.05) is 26.2 Å². The number of hydrogen-bond donors (Lipinski definition) is 2. The second-order valence-corrected chi connectivity index (χ2v) is 7.49. The number of anilines is 1. The molecule has 1 saturated carbocycles. The van der Waals surface area contributed by atoms with Gasteiger partial charge >= 0.3 is 0 Å². The summed E-state index contributed by atoms with van der Waals surface area (Å²) in [6, 6.07) is 0.219. The van der Waals surface area contributed by atoms with E-state index in [0.717, 1.165) is 45.2 Å². The molecule has 2 heterocycles. The van der Waals surface area contributed by atoms with Gasteiger partial charge in [-0.15, -0.1) is 0 Å². The van der Waals surface area contributed by atoms with Crippen LogP contribution in [0.2, 0.25) is 0 Å². The van der Waals surface area contributed by atoms with E-state index in [2.05, 4.69) is 27.6 Å². The van der Waals surface area contributed by atoms with Crippen LogP contribution in [-0.4, -0.2) is 51.7 Å². The van der Waals surface area contributed by atoms with Crippen LogP contribution in [0.5, 0.6) is 0 Å². The molecule has 1 saturated heterocycles. The van der Waals surface area contributed by atoms with Crippen molar-refractivity contribution in [2.75, 3.05) is 18.4 Å². The number of aromatic nitrogens is 2. The van der Waals surface area contributed by atoms with Crippen molar-refractivity contribution in [2.24, 2.45) is 0 Å². The first-order chi connectivity index (χ1) is 12.7. The van der Waals surface area contributed by atoms with Gasteiger partial charge in [-0.2, -0.15) is 5.10 Å². The summed E-state index contributed by atoms with van der Waals surface area (Å²) in [5.41, 5.74) is 0.652. The molecule has 0 aromatic carbocycles. The highest BCUT2D eigenvalue weighted by Gasteiger charge is 2.25. The zero-order chi connectivity index (χ0) is 18.4. The number of likely N-dealkylation sites (tertiary alicyclic amines) is 1. The first-order valence-corrected chi connectivity index (χ1v) is 10.0. The number of hydrogen-bond acceptors (Lipinski definition) is 4. The molecule has 2 amide bonds. The third-order valence-corrected chi connectivity index (χ3v) is 5.45. The molecule has 0 unspecified atom stereocenters. The summed E-state index contributed by atoms with van der Waals surface area (Å²) >= 11 is 0. The van der Waals surface area contributed by atoms with E-state index in [0.29, 0.717) is 11.7 Å². The Morgan fingerprint density at radius 2 is 1.92 bits per heavy atom. The van der Waals surface area contributed by atoms with E-state index in [1.807, 2.05) is 0 Å². The van der Waals surface area contributed by atoms with E-state index >= 15 is 0 Å². The van der Waals surface area contributed by atoms with E-state index in [9.17, 15) is 9.59 Å². The van der Waals surface area contributed by atoms with Gasteiger partial charge in [0.2, 0.25) is 11.8 Å². The SMILES string of the molecule is CC[C@H](C(=O)Nc1cnn(CC(=O)NC2CCCC2)c1)N1CCCCC1. The number of amides is 2. The van der Waals surface area contributed by atoms with Crippen LogP contribution in [-0.2, 0) is 16.1 Å². The van der Waals surface area contributed by atoms with Crippen LogP contribution in [0.3, 0.4) is 0 Å². The Balaban J connectivity index is 1.50. The Bertz CT molecular complexity index is 603. The fourth-order valence-corrected chi connectivity index (χ4v) is 4.07. The van der Waals surface area contributed by atoms with Crippen LogP contribution < -0.4 is 10.6 Å². The van der Waals surface area contributed by atoms with Gasteiger partial charge in [0.05, 0.1) is 17.9 Å². The lowest BCUT2D eigenvalue weighted by Crippen LogP contribution is -2.46. The van der Waals surface area contributed by atoms with E-state index in [1.54, 1.807) is 17.1 Å². The van der Waals surface area contributed by atoms with Crippen molar-refractivity contribution < 1.29 is 9.59 Å². The molecule has 144 valence electrons. The molecule has 2 aliphatic rings. The highest BCUT2D eigenvalue weighted by molar-refractivity contribution is 5.94. The van der Waals surface area contributed by atoms with Gasteiger partial charge in [-0.3, -0.25) is 19.2 Å². The van der Waals surface area contributed by atoms with Crippen LogP contribution >= 0.6 is 0 Å². The molecular weight excluding hydrogens is 330 g/mol. The normalized spacial score (nSPS) is 20.0. The third-order valence-electron chi connectivity index (χ3n) is 5.45. The van der Waals surface area contributed by atoms with Crippen molar-refractivity contribution in [3.05, 3.63) is 12.4 Å². The molecule has 26 heavy (non-hydrogen) atoms. The molecule has 0 spiro atoms.